The molecule has 31 heavy (non-hydrogen) atoms. The van der Waals surface area contributed by atoms with Gasteiger partial charge in [-0.05, 0) is 33.2 Å². The smallest absolute Gasteiger partial charge is 0.209 e. The molecule has 7 nitrogen and oxygen atoms in total. The Labute approximate surface area is 196 Å². The SMILES string of the molecule is C1CNCNC1.C=Nc1nc(-c2csc(C3=CCC(N4CCSCC4)N=C3C)n2)cs1. The summed E-state index contributed by atoms with van der Waals surface area (Å²) >= 11 is 5.17. The minimum atomic E-state index is 0.295. The van der Waals surface area contributed by atoms with Crippen LogP contribution in [0, 0.1) is 0 Å². The van der Waals surface area contributed by atoms with Crippen LogP contribution < -0.4 is 10.6 Å². The lowest BCUT2D eigenvalue weighted by atomic mass is 10.1. The molecule has 5 rings (SSSR count). The summed E-state index contributed by atoms with van der Waals surface area (Å²) < 4.78 is 0. The van der Waals surface area contributed by atoms with Crippen LogP contribution in [0.2, 0.25) is 0 Å². The Bertz CT molecular complexity index is 912. The van der Waals surface area contributed by atoms with E-state index in [2.05, 4.69) is 50.6 Å². The second kappa shape index (κ2) is 11.4. The average Bonchev–Trinajstić information content (AvgIpc) is 3.51. The Balaban J connectivity index is 0.000000334. The molecular weight excluding hydrogens is 446 g/mol. The Kier molecular flexibility index (Phi) is 8.40. The van der Waals surface area contributed by atoms with Crippen LogP contribution in [0.5, 0.6) is 0 Å². The molecule has 2 aromatic rings. The van der Waals surface area contributed by atoms with Crippen molar-refractivity contribution < 1.29 is 0 Å². The van der Waals surface area contributed by atoms with E-state index in [9.17, 15) is 0 Å². The third-order valence-electron chi connectivity index (χ3n) is 5.31. The second-order valence-electron chi connectivity index (χ2n) is 7.44. The molecule has 0 aromatic carbocycles. The minimum absolute atomic E-state index is 0.295. The average molecular weight is 476 g/mol. The molecule has 1 unspecified atom stereocenters. The number of nitrogens with one attached hydrogen (secondary N) is 2. The minimum Gasteiger partial charge on any atom is -0.304 e. The Morgan fingerprint density at radius 1 is 1.10 bits per heavy atom. The van der Waals surface area contributed by atoms with Gasteiger partial charge in [0.05, 0.1) is 0 Å². The molecule has 0 aliphatic carbocycles. The van der Waals surface area contributed by atoms with Gasteiger partial charge in [0.25, 0.3) is 0 Å². The van der Waals surface area contributed by atoms with Crippen molar-refractivity contribution in [3.05, 3.63) is 21.8 Å². The zero-order chi connectivity index (χ0) is 21.5. The van der Waals surface area contributed by atoms with Gasteiger partial charge in [-0.1, -0.05) is 6.08 Å². The van der Waals surface area contributed by atoms with Crippen LogP contribution in [0.15, 0.2) is 26.8 Å². The van der Waals surface area contributed by atoms with Gasteiger partial charge in [0, 0.05) is 59.7 Å². The summed E-state index contributed by atoms with van der Waals surface area (Å²) in [6.07, 6.45) is 4.84. The van der Waals surface area contributed by atoms with Gasteiger partial charge >= 0.3 is 0 Å². The molecule has 0 bridgehead atoms. The number of thiazole rings is 2. The van der Waals surface area contributed by atoms with Crippen molar-refractivity contribution >= 4 is 57.6 Å². The van der Waals surface area contributed by atoms with Crippen molar-refractivity contribution in [1.29, 1.82) is 0 Å². The number of hydrogen-bond donors (Lipinski definition) is 2. The number of allylic oxidation sites excluding steroid dienone is 1. The van der Waals surface area contributed by atoms with Gasteiger partial charge in [-0.2, -0.15) is 11.8 Å². The molecule has 2 fully saturated rings. The van der Waals surface area contributed by atoms with E-state index in [4.69, 9.17) is 9.98 Å². The van der Waals surface area contributed by atoms with Crippen LogP contribution >= 0.6 is 34.4 Å². The first kappa shape index (κ1) is 22.8. The summed E-state index contributed by atoms with van der Waals surface area (Å²) in [5, 5.41) is 12.1. The van der Waals surface area contributed by atoms with E-state index >= 15 is 0 Å². The fourth-order valence-electron chi connectivity index (χ4n) is 3.64. The largest absolute Gasteiger partial charge is 0.304 e. The molecule has 3 aliphatic heterocycles. The third-order valence-corrected chi connectivity index (χ3v) is 7.90. The molecule has 2 aromatic heterocycles. The summed E-state index contributed by atoms with van der Waals surface area (Å²) in [6, 6.07) is 0. The van der Waals surface area contributed by atoms with Crippen molar-refractivity contribution in [2.45, 2.75) is 25.9 Å². The van der Waals surface area contributed by atoms with Crippen molar-refractivity contribution in [1.82, 2.24) is 25.5 Å². The molecule has 2 N–H and O–H groups in total. The molecule has 0 spiro atoms. The number of thioether (sulfide) groups is 1. The monoisotopic (exact) mass is 475 g/mol. The van der Waals surface area contributed by atoms with Gasteiger partial charge in [-0.3, -0.25) is 9.89 Å². The summed E-state index contributed by atoms with van der Waals surface area (Å²) in [6.45, 7) is 11.3. The lowest BCUT2D eigenvalue weighted by Crippen LogP contribution is -2.41. The molecule has 3 aliphatic rings. The predicted molar refractivity (Wildman–Crippen MR) is 136 cm³/mol. The molecule has 0 saturated carbocycles. The van der Waals surface area contributed by atoms with Crippen molar-refractivity contribution in [2.75, 3.05) is 44.4 Å². The fourth-order valence-corrected chi connectivity index (χ4v) is 6.09. The number of rotatable bonds is 4. The Morgan fingerprint density at radius 3 is 2.45 bits per heavy atom. The highest BCUT2D eigenvalue weighted by atomic mass is 32.2. The second-order valence-corrected chi connectivity index (χ2v) is 10.4. The molecule has 10 heteroatoms. The normalized spacial score (nSPS) is 22.2. The first-order chi connectivity index (χ1) is 15.2. The van der Waals surface area contributed by atoms with Crippen LogP contribution in [0.1, 0.15) is 24.8 Å². The molecule has 0 radical (unpaired) electrons. The Hall–Kier alpha value is -1.43. The summed E-state index contributed by atoms with van der Waals surface area (Å²) in [4.78, 5) is 20.5. The van der Waals surface area contributed by atoms with Gasteiger partial charge < -0.3 is 10.6 Å². The van der Waals surface area contributed by atoms with E-state index in [1.165, 1.54) is 42.4 Å². The molecule has 5 heterocycles. The van der Waals surface area contributed by atoms with Gasteiger partial charge in [0.2, 0.25) is 5.13 Å². The van der Waals surface area contributed by atoms with E-state index in [-0.39, 0.29) is 0 Å². The van der Waals surface area contributed by atoms with E-state index in [0.717, 1.165) is 53.9 Å². The highest BCUT2D eigenvalue weighted by Crippen LogP contribution is 2.32. The van der Waals surface area contributed by atoms with Crippen molar-refractivity contribution in [2.24, 2.45) is 9.98 Å². The maximum atomic E-state index is 4.96. The quantitative estimate of drug-likeness (QED) is 0.656. The highest BCUT2D eigenvalue weighted by molar-refractivity contribution is 7.99. The van der Waals surface area contributed by atoms with E-state index in [1.807, 2.05) is 17.1 Å². The first-order valence-electron chi connectivity index (χ1n) is 10.6. The van der Waals surface area contributed by atoms with Gasteiger partial charge in [0.15, 0.2) is 0 Å². The lowest BCUT2D eigenvalue weighted by molar-refractivity contribution is 0.223. The number of aliphatic imine (C=N–C) groups is 2. The van der Waals surface area contributed by atoms with Crippen LogP contribution in [0.4, 0.5) is 5.13 Å². The number of hydrogen-bond acceptors (Lipinski definition) is 10. The van der Waals surface area contributed by atoms with Crippen LogP contribution in [-0.2, 0) is 0 Å². The molecular formula is C21H29N7S3. The zero-order valence-corrected chi connectivity index (χ0v) is 20.3. The summed E-state index contributed by atoms with van der Waals surface area (Å²) in [5.41, 5.74) is 4.01. The third kappa shape index (κ3) is 6.09. The van der Waals surface area contributed by atoms with Crippen LogP contribution in [-0.4, -0.2) is 77.8 Å². The van der Waals surface area contributed by atoms with Crippen LogP contribution in [0.3, 0.4) is 0 Å². The van der Waals surface area contributed by atoms with Gasteiger partial charge in [0.1, 0.15) is 22.6 Å². The van der Waals surface area contributed by atoms with Crippen molar-refractivity contribution in [3.63, 3.8) is 0 Å². The zero-order valence-electron chi connectivity index (χ0n) is 17.8. The predicted octanol–water partition coefficient (Wildman–Crippen LogP) is 3.75. The molecule has 1 atom stereocenters. The lowest BCUT2D eigenvalue weighted by Gasteiger charge is -2.33. The first-order valence-corrected chi connectivity index (χ1v) is 13.5. The highest BCUT2D eigenvalue weighted by Gasteiger charge is 2.24. The summed E-state index contributed by atoms with van der Waals surface area (Å²) in [7, 11) is 0. The van der Waals surface area contributed by atoms with Crippen molar-refractivity contribution in [3.8, 4) is 11.4 Å². The van der Waals surface area contributed by atoms with Gasteiger partial charge in [-0.15, -0.1) is 22.7 Å². The fraction of sp³-hybridized carbons (Fsp3) is 0.524. The van der Waals surface area contributed by atoms with E-state index in [0.29, 0.717) is 11.3 Å². The number of aromatic nitrogens is 2. The molecule has 0 amide bonds. The summed E-state index contributed by atoms with van der Waals surface area (Å²) in [5.74, 6) is 2.43. The standard InChI is InChI=1S/C17H19N5S3.C4H10N2/c1-11-12(3-4-15(19-11)22-5-7-23-8-6-22)16-20-13(9-24-16)14-10-25-17(18-2)21-14;1-2-5-4-6-3-1/h3,9-10,15H,2,4-8H2,1H3;5-6H,1-4H2. The molecule has 2 saturated heterocycles. The van der Waals surface area contributed by atoms with Gasteiger partial charge in [-0.25, -0.2) is 15.0 Å². The van der Waals surface area contributed by atoms with E-state index < -0.39 is 0 Å². The van der Waals surface area contributed by atoms with E-state index in [1.54, 1.807) is 11.3 Å². The maximum absolute atomic E-state index is 4.96. The number of nitrogens with zero attached hydrogens (tertiary/aromatic N) is 5. The maximum Gasteiger partial charge on any atom is 0.209 e. The topological polar surface area (TPSA) is 77.8 Å². The van der Waals surface area contributed by atoms with Crippen LogP contribution in [0.25, 0.3) is 17.0 Å². The molecule has 166 valence electrons. The number of dihydropyridines is 1. The Morgan fingerprint density at radius 2 is 1.84 bits per heavy atom.